The van der Waals surface area contributed by atoms with Crippen molar-refractivity contribution < 1.29 is 96.8 Å². The van der Waals surface area contributed by atoms with Crippen LogP contribution in [0.2, 0.25) is 0 Å². The van der Waals surface area contributed by atoms with Gasteiger partial charge in [-0.3, -0.25) is 0 Å². The van der Waals surface area contributed by atoms with Crippen LogP contribution in [-0.2, 0) is 55.0 Å². The van der Waals surface area contributed by atoms with Crippen molar-refractivity contribution in [3.8, 4) is 46.0 Å². The monoisotopic (exact) mass is 1510 g/mol. The van der Waals surface area contributed by atoms with E-state index in [1.807, 2.05) is 146 Å². The second-order valence-corrected chi connectivity index (χ2v) is 29.6. The third kappa shape index (κ3) is 26.4. The molecule has 110 heavy (non-hydrogen) atoms. The Morgan fingerprint density at radius 1 is 0.318 bits per heavy atom. The van der Waals surface area contributed by atoms with Crippen molar-refractivity contribution in [2.75, 3.05) is 79.3 Å². The van der Waals surface area contributed by atoms with Crippen LogP contribution in [0.5, 0.6) is 46.0 Å². The second kappa shape index (κ2) is 39.8. The van der Waals surface area contributed by atoms with E-state index in [0.717, 1.165) is 47.0 Å². The van der Waals surface area contributed by atoms with Crippen molar-refractivity contribution in [3.63, 3.8) is 0 Å². The van der Waals surface area contributed by atoms with E-state index in [2.05, 4.69) is 124 Å². The molecule has 2 aliphatic heterocycles. The van der Waals surface area contributed by atoms with Crippen LogP contribution < -0.4 is 37.9 Å². The smallest absolute Gasteiger partial charge is 0.333 e. The third-order valence-corrected chi connectivity index (χ3v) is 18.8. The molecule has 2 aliphatic rings. The number of epoxide rings is 2. The van der Waals surface area contributed by atoms with Crippen LogP contribution >= 0.6 is 0 Å². The van der Waals surface area contributed by atoms with Crippen LogP contribution in [0.25, 0.3) is 0 Å². The van der Waals surface area contributed by atoms with Gasteiger partial charge in [0.2, 0.25) is 0 Å². The van der Waals surface area contributed by atoms with Crippen LogP contribution in [0, 0.1) is 0 Å². The number of aliphatic carboxylic acids is 1. The molecule has 20 heteroatoms. The number of benzene rings is 8. The van der Waals surface area contributed by atoms with E-state index in [1.54, 1.807) is 13.8 Å². The van der Waals surface area contributed by atoms with Crippen molar-refractivity contribution in [2.45, 2.75) is 134 Å². The molecule has 0 bridgehead atoms. The van der Waals surface area contributed by atoms with Gasteiger partial charge < -0.3 is 82.4 Å². The van der Waals surface area contributed by atoms with Gasteiger partial charge in [-0.15, -0.1) is 0 Å². The highest BCUT2D eigenvalue weighted by Gasteiger charge is 2.29. The van der Waals surface area contributed by atoms with E-state index in [4.69, 9.17) is 61.9 Å². The minimum absolute atomic E-state index is 0.0220. The summed E-state index contributed by atoms with van der Waals surface area (Å²) in [5.74, 6) is 3.48. The predicted molar refractivity (Wildman–Crippen MR) is 422 cm³/mol. The number of carbonyl (C=O) groups excluding carboxylic acids is 2. The van der Waals surface area contributed by atoms with Gasteiger partial charge in [0.25, 0.3) is 0 Å². The molecular weight excluding hydrogens is 1400 g/mol. The molecule has 2 heterocycles. The zero-order valence-corrected chi connectivity index (χ0v) is 64.9. The lowest BCUT2D eigenvalue weighted by Crippen LogP contribution is -2.25. The van der Waals surface area contributed by atoms with Crippen LogP contribution in [0.4, 0.5) is 0 Å². The predicted octanol–water partition coefficient (Wildman–Crippen LogP) is 14.2. The van der Waals surface area contributed by atoms with E-state index in [9.17, 15) is 34.8 Å². The maximum atomic E-state index is 11.5. The number of aliphatic hydroxyl groups excluding tert-OH is 4. The van der Waals surface area contributed by atoms with Gasteiger partial charge in [-0.25, -0.2) is 14.4 Å². The summed E-state index contributed by atoms with van der Waals surface area (Å²) in [6, 6.07) is 63.3. The first kappa shape index (κ1) is 85.2. The first-order valence-electron chi connectivity index (χ1n) is 36.6. The Hall–Kier alpha value is -10.5. The summed E-state index contributed by atoms with van der Waals surface area (Å²) in [7, 11) is 0. The van der Waals surface area contributed by atoms with Crippen molar-refractivity contribution in [1.82, 2.24) is 0 Å². The highest BCUT2D eigenvalue weighted by Crippen LogP contribution is 2.38. The lowest BCUT2D eigenvalue weighted by molar-refractivity contribution is -0.143. The molecule has 0 aliphatic carbocycles. The van der Waals surface area contributed by atoms with Crippen LogP contribution in [0.3, 0.4) is 0 Å². The number of rotatable bonds is 39. The minimum atomic E-state index is -0.963. The van der Waals surface area contributed by atoms with E-state index < -0.39 is 42.3 Å². The van der Waals surface area contributed by atoms with Gasteiger partial charge in [-0.2, -0.15) is 0 Å². The zero-order chi connectivity index (χ0) is 79.8. The highest BCUT2D eigenvalue weighted by molar-refractivity contribution is 5.87. The van der Waals surface area contributed by atoms with Gasteiger partial charge in [-0.1, -0.05) is 172 Å². The molecule has 5 N–H and O–H groups in total. The largest absolute Gasteiger partial charge is 0.491 e. The van der Waals surface area contributed by atoms with E-state index in [-0.39, 0.29) is 103 Å². The number of carboxylic acid groups (broad SMARTS) is 1. The first-order chi connectivity index (χ1) is 52.3. The number of hydrogen-bond acceptors (Lipinski definition) is 19. The highest BCUT2D eigenvalue weighted by atomic mass is 16.6. The Kier molecular flexibility index (Phi) is 30.8. The molecule has 4 unspecified atom stereocenters. The SMILES string of the molecule is C=C(C)C(=O)O.C=C(C)C(=O)OCC(O)COc1ccc(C(C)(C)c2ccc(OCC(O)COc3ccc(C(C)(C)c4ccc(OCC(O)COC(=O)C(=C)C)cc4)cc3)cc2)cc1.CC(C)(c1ccc(OCC(O)COc2ccc(C(C)(C)c3ccc(OCC4CO4)cc3)cc2)cc1)c1ccc(OCC2CO2)cc1. The summed E-state index contributed by atoms with van der Waals surface area (Å²) in [5.41, 5.74) is 8.64. The van der Waals surface area contributed by atoms with Gasteiger partial charge in [0.1, 0.15) is 149 Å². The molecule has 586 valence electrons. The van der Waals surface area contributed by atoms with Crippen LogP contribution in [0.1, 0.15) is 121 Å². The summed E-state index contributed by atoms with van der Waals surface area (Å²) < 4.78 is 66.7. The van der Waals surface area contributed by atoms with Gasteiger partial charge in [0.15, 0.2) is 0 Å². The zero-order valence-electron chi connectivity index (χ0n) is 64.9. The molecule has 10 rings (SSSR count). The van der Waals surface area contributed by atoms with Gasteiger partial charge in [-0.05, 0) is 162 Å². The van der Waals surface area contributed by atoms with Crippen molar-refractivity contribution in [2.24, 2.45) is 0 Å². The third-order valence-electron chi connectivity index (χ3n) is 18.8. The molecule has 0 amide bonds. The molecular formula is C90H106O20. The van der Waals surface area contributed by atoms with Gasteiger partial charge in [0.05, 0.1) is 13.2 Å². The number of carboxylic acids is 1. The standard InChI is InChI=1S/C47H56O11.C39H44O7.C4H6O2/c1-31(2)44(51)57-29-38(49)27-55-42-21-13-35(14-22-42)46(5,6)33-9-17-40(18-10-33)53-25-37(48)26-54-41-19-11-34(12-20-41)47(7,8)36-15-23-43(24-16-36)56-28-39(50)30-58-45(52)32(3)4;1-38(2,29-9-17-34(18-10-29)43-23-36-25-45-36)27-5-13-32(14-6-27)41-21-31(40)22-42-33-15-7-28(8-16-33)39(3,4)30-11-19-35(20-12-30)44-24-37-26-46-37;1-3(2)4(5)6/h9-24,37-39,48-50H,1,3,25-30H2,2,4-8H3;5-20,31,36-37,40H,21-26H2,1-4H3;1H2,2H3,(H,5,6). The Morgan fingerprint density at radius 3 is 0.618 bits per heavy atom. The molecule has 2 fully saturated rings. The maximum Gasteiger partial charge on any atom is 0.333 e. The molecule has 4 atom stereocenters. The molecule has 20 nitrogen and oxygen atoms in total. The molecule has 8 aromatic rings. The number of ether oxygens (including phenoxy) is 12. The molecule has 0 saturated carbocycles. The topological polar surface area (TPSA) is 270 Å². The maximum absolute atomic E-state index is 11.5. The number of hydrogen-bond donors (Lipinski definition) is 5. The van der Waals surface area contributed by atoms with E-state index >= 15 is 0 Å². The fourth-order valence-corrected chi connectivity index (χ4v) is 11.1. The summed E-state index contributed by atoms with van der Waals surface area (Å²) in [5, 5.41) is 49.2. The summed E-state index contributed by atoms with van der Waals surface area (Å²) in [6.45, 7) is 34.7. The molecule has 0 radical (unpaired) electrons. The normalized spacial score (nSPS) is 14.8. The average Bonchev–Trinajstić information content (AvgIpc) is 1.35. The Morgan fingerprint density at radius 2 is 0.473 bits per heavy atom. The Bertz CT molecular complexity index is 3960. The van der Waals surface area contributed by atoms with Crippen LogP contribution in [0.15, 0.2) is 231 Å². The summed E-state index contributed by atoms with van der Waals surface area (Å²) in [6.07, 6.45) is -3.07. The van der Waals surface area contributed by atoms with Crippen molar-refractivity contribution >= 4 is 17.9 Å². The Labute approximate surface area is 646 Å². The van der Waals surface area contributed by atoms with Crippen LogP contribution in [-0.4, -0.2) is 159 Å². The lowest BCUT2D eigenvalue weighted by atomic mass is 9.78. The molecule has 2 saturated heterocycles. The van der Waals surface area contributed by atoms with Crippen molar-refractivity contribution in [3.05, 3.63) is 275 Å². The van der Waals surface area contributed by atoms with Crippen molar-refractivity contribution in [1.29, 1.82) is 0 Å². The minimum Gasteiger partial charge on any atom is -0.491 e. The number of carbonyl (C=O) groups is 3. The van der Waals surface area contributed by atoms with E-state index in [0.29, 0.717) is 47.7 Å². The average molecular weight is 1510 g/mol. The van der Waals surface area contributed by atoms with E-state index in [1.165, 1.54) is 29.2 Å². The fourth-order valence-electron chi connectivity index (χ4n) is 11.1. The number of esters is 2. The summed E-state index contributed by atoms with van der Waals surface area (Å²) >= 11 is 0. The quantitative estimate of drug-likeness (QED) is 0.0136. The lowest BCUT2D eigenvalue weighted by Gasteiger charge is -2.27. The molecule has 0 aromatic heterocycles. The first-order valence-corrected chi connectivity index (χ1v) is 36.6. The van der Waals surface area contributed by atoms with Gasteiger partial charge >= 0.3 is 17.9 Å². The molecule has 0 spiro atoms. The number of aliphatic hydroxyl groups is 4. The Balaban J connectivity index is 0.000000262. The second-order valence-electron chi connectivity index (χ2n) is 29.6. The fraction of sp³-hybridized carbons (Fsp3) is 0.367. The molecule has 8 aromatic carbocycles. The van der Waals surface area contributed by atoms with Gasteiger partial charge in [0, 0.05) is 38.4 Å². The summed E-state index contributed by atoms with van der Waals surface area (Å²) in [4.78, 5) is 32.6.